The molecular formula is C10H7Cl2N3O4S2. The minimum Gasteiger partial charge on any atom is -0.272 e. The predicted octanol–water partition coefficient (Wildman–Crippen LogP) is 3.47. The van der Waals surface area contributed by atoms with Crippen molar-refractivity contribution in [2.75, 3.05) is 4.72 Å². The SMILES string of the molecule is Cc1nc(Cl)sc1S(=O)(=O)Nc1cc(Cl)ccc1[N+](=O)[O-]. The molecule has 0 spiro atoms. The van der Waals surface area contributed by atoms with Crippen LogP contribution >= 0.6 is 34.5 Å². The van der Waals surface area contributed by atoms with Crippen molar-refractivity contribution in [3.05, 3.63) is 43.5 Å². The van der Waals surface area contributed by atoms with Crippen molar-refractivity contribution in [1.82, 2.24) is 4.98 Å². The summed E-state index contributed by atoms with van der Waals surface area (Å²) in [6.45, 7) is 1.48. The Morgan fingerprint density at radius 2 is 2.05 bits per heavy atom. The van der Waals surface area contributed by atoms with Crippen molar-refractivity contribution in [2.24, 2.45) is 0 Å². The zero-order valence-electron chi connectivity index (χ0n) is 10.3. The highest BCUT2D eigenvalue weighted by atomic mass is 35.5. The van der Waals surface area contributed by atoms with Gasteiger partial charge in [0.25, 0.3) is 15.7 Å². The molecule has 0 bridgehead atoms. The molecule has 112 valence electrons. The minimum absolute atomic E-state index is 0.0634. The van der Waals surface area contributed by atoms with Crippen LogP contribution in [0.5, 0.6) is 0 Å². The molecule has 0 saturated carbocycles. The number of aromatic nitrogens is 1. The van der Waals surface area contributed by atoms with Crippen LogP contribution in [-0.4, -0.2) is 18.3 Å². The van der Waals surface area contributed by atoms with Gasteiger partial charge in [-0.25, -0.2) is 13.4 Å². The molecule has 7 nitrogen and oxygen atoms in total. The van der Waals surface area contributed by atoms with Crippen LogP contribution in [0.2, 0.25) is 9.49 Å². The van der Waals surface area contributed by atoms with Gasteiger partial charge in [0, 0.05) is 11.1 Å². The molecule has 11 heteroatoms. The largest absolute Gasteiger partial charge is 0.293 e. The average Bonchev–Trinajstić information content (AvgIpc) is 2.68. The van der Waals surface area contributed by atoms with E-state index in [0.717, 1.165) is 23.5 Å². The summed E-state index contributed by atoms with van der Waals surface area (Å²) in [7, 11) is -4.04. The molecule has 0 amide bonds. The van der Waals surface area contributed by atoms with Crippen LogP contribution in [0.15, 0.2) is 22.4 Å². The van der Waals surface area contributed by atoms with Crippen LogP contribution in [0.4, 0.5) is 11.4 Å². The Kier molecular flexibility index (Phi) is 4.38. The fourth-order valence-electron chi connectivity index (χ4n) is 1.54. The number of anilines is 1. The van der Waals surface area contributed by atoms with E-state index in [1.54, 1.807) is 0 Å². The average molecular weight is 368 g/mol. The number of thiazole rings is 1. The number of nitro groups is 1. The molecule has 0 unspecified atom stereocenters. The normalized spacial score (nSPS) is 11.4. The van der Waals surface area contributed by atoms with Crippen LogP contribution in [-0.2, 0) is 10.0 Å². The maximum Gasteiger partial charge on any atom is 0.293 e. The third kappa shape index (κ3) is 3.43. The van der Waals surface area contributed by atoms with E-state index in [1.807, 2.05) is 0 Å². The topological polar surface area (TPSA) is 102 Å². The highest BCUT2D eigenvalue weighted by Crippen LogP contribution is 2.32. The molecule has 1 heterocycles. The number of hydrogen-bond donors (Lipinski definition) is 1. The number of benzene rings is 1. The van der Waals surface area contributed by atoms with Crippen LogP contribution in [0.1, 0.15) is 5.69 Å². The van der Waals surface area contributed by atoms with Gasteiger partial charge in [-0.2, -0.15) is 0 Å². The second-order valence-electron chi connectivity index (χ2n) is 3.86. The first-order valence-electron chi connectivity index (χ1n) is 5.30. The molecular weight excluding hydrogens is 361 g/mol. The molecule has 1 N–H and O–H groups in total. The van der Waals surface area contributed by atoms with E-state index >= 15 is 0 Å². The fourth-order valence-corrected chi connectivity index (χ4v) is 4.52. The highest BCUT2D eigenvalue weighted by molar-refractivity contribution is 7.94. The van der Waals surface area contributed by atoms with Crippen LogP contribution < -0.4 is 4.72 Å². The zero-order chi connectivity index (χ0) is 15.8. The molecule has 21 heavy (non-hydrogen) atoms. The first-order valence-corrected chi connectivity index (χ1v) is 8.36. The number of hydrogen-bond acceptors (Lipinski definition) is 6. The van der Waals surface area contributed by atoms with E-state index in [-0.39, 0.29) is 25.1 Å². The molecule has 1 aromatic carbocycles. The third-order valence-electron chi connectivity index (χ3n) is 2.37. The van der Waals surface area contributed by atoms with E-state index in [2.05, 4.69) is 9.71 Å². The highest BCUT2D eigenvalue weighted by Gasteiger charge is 2.25. The monoisotopic (exact) mass is 367 g/mol. The number of nitrogens with one attached hydrogen (secondary N) is 1. The first-order chi connectivity index (χ1) is 9.70. The second-order valence-corrected chi connectivity index (χ2v) is 7.76. The lowest BCUT2D eigenvalue weighted by molar-refractivity contribution is -0.383. The zero-order valence-corrected chi connectivity index (χ0v) is 13.5. The van der Waals surface area contributed by atoms with Crippen molar-refractivity contribution >= 4 is 55.9 Å². The molecule has 2 rings (SSSR count). The quantitative estimate of drug-likeness (QED) is 0.658. The van der Waals surface area contributed by atoms with E-state index in [1.165, 1.54) is 13.0 Å². The van der Waals surface area contributed by atoms with E-state index in [0.29, 0.717) is 0 Å². The summed E-state index contributed by atoms with van der Waals surface area (Å²) < 4.78 is 26.6. The number of nitro benzene ring substituents is 1. The van der Waals surface area contributed by atoms with E-state index in [4.69, 9.17) is 23.2 Å². The Balaban J connectivity index is 2.48. The molecule has 0 aliphatic carbocycles. The van der Waals surface area contributed by atoms with Gasteiger partial charge in [0.15, 0.2) is 8.68 Å². The summed E-state index contributed by atoms with van der Waals surface area (Å²) in [4.78, 5) is 14.0. The molecule has 0 radical (unpaired) electrons. The maximum atomic E-state index is 12.3. The summed E-state index contributed by atoms with van der Waals surface area (Å²) in [6, 6.07) is 3.58. The molecule has 0 atom stereocenters. The Labute approximate surface area is 133 Å². The second kappa shape index (κ2) is 5.76. The molecule has 2 aromatic rings. The Hall–Kier alpha value is -1.42. The van der Waals surface area contributed by atoms with Gasteiger partial charge >= 0.3 is 0 Å². The van der Waals surface area contributed by atoms with Crippen LogP contribution in [0.25, 0.3) is 0 Å². The molecule has 0 fully saturated rings. The van der Waals surface area contributed by atoms with Gasteiger partial charge in [-0.3, -0.25) is 14.8 Å². The van der Waals surface area contributed by atoms with Crippen molar-refractivity contribution < 1.29 is 13.3 Å². The van der Waals surface area contributed by atoms with Crippen LogP contribution in [0, 0.1) is 17.0 Å². The third-order valence-corrected chi connectivity index (χ3v) is 5.84. The van der Waals surface area contributed by atoms with Gasteiger partial charge in [0.1, 0.15) is 5.69 Å². The van der Waals surface area contributed by atoms with Gasteiger partial charge in [-0.1, -0.05) is 34.5 Å². The van der Waals surface area contributed by atoms with Crippen molar-refractivity contribution in [3.8, 4) is 0 Å². The van der Waals surface area contributed by atoms with Crippen molar-refractivity contribution in [3.63, 3.8) is 0 Å². The number of rotatable bonds is 4. The molecule has 1 aromatic heterocycles. The van der Waals surface area contributed by atoms with Crippen molar-refractivity contribution in [1.29, 1.82) is 0 Å². The van der Waals surface area contributed by atoms with Gasteiger partial charge in [0.05, 0.1) is 10.6 Å². The van der Waals surface area contributed by atoms with E-state index in [9.17, 15) is 18.5 Å². The maximum absolute atomic E-state index is 12.3. The lowest BCUT2D eigenvalue weighted by Gasteiger charge is -2.07. The van der Waals surface area contributed by atoms with Gasteiger partial charge < -0.3 is 0 Å². The smallest absolute Gasteiger partial charge is 0.272 e. The summed E-state index contributed by atoms with van der Waals surface area (Å²) in [5.41, 5.74) is -0.421. The Morgan fingerprint density at radius 3 is 2.57 bits per heavy atom. The standard InChI is InChI=1S/C10H7Cl2N3O4S2/c1-5-9(20-10(12)13-5)21(18,19)14-7-4-6(11)2-3-8(7)15(16)17/h2-4,14H,1H3. The molecule has 0 saturated heterocycles. The summed E-state index contributed by atoms with van der Waals surface area (Å²) >= 11 is 12.2. The first kappa shape index (κ1) is 16.0. The summed E-state index contributed by atoms with van der Waals surface area (Å²) in [5.74, 6) is 0. The number of nitrogens with zero attached hydrogens (tertiary/aromatic N) is 2. The number of aryl methyl sites for hydroxylation is 1. The number of halogens is 2. The van der Waals surface area contributed by atoms with Gasteiger partial charge in [-0.15, -0.1) is 0 Å². The number of sulfonamides is 1. The lowest BCUT2D eigenvalue weighted by Crippen LogP contribution is -2.13. The van der Waals surface area contributed by atoms with Gasteiger partial charge in [-0.05, 0) is 19.1 Å². The Morgan fingerprint density at radius 1 is 1.38 bits per heavy atom. The molecule has 0 aliphatic rings. The van der Waals surface area contributed by atoms with Crippen LogP contribution in [0.3, 0.4) is 0 Å². The lowest BCUT2D eigenvalue weighted by atomic mass is 10.3. The van der Waals surface area contributed by atoms with Gasteiger partial charge in [0.2, 0.25) is 0 Å². The predicted molar refractivity (Wildman–Crippen MR) is 80.8 cm³/mol. The minimum atomic E-state index is -4.04. The summed E-state index contributed by atoms with van der Waals surface area (Å²) in [5, 5.41) is 11.1. The van der Waals surface area contributed by atoms with E-state index < -0.39 is 20.6 Å². The van der Waals surface area contributed by atoms with Crippen molar-refractivity contribution in [2.45, 2.75) is 11.1 Å². The molecule has 0 aliphatic heterocycles. The Bertz CT molecular complexity index is 820. The fraction of sp³-hybridized carbons (Fsp3) is 0.100. The summed E-state index contributed by atoms with van der Waals surface area (Å²) in [6.07, 6.45) is 0.